The zero-order valence-corrected chi connectivity index (χ0v) is 12.3. The highest BCUT2D eigenvalue weighted by molar-refractivity contribution is 6.42. The maximum Gasteiger partial charge on any atom is 0.202 e. The second-order valence-corrected chi connectivity index (χ2v) is 5.33. The third-order valence-corrected chi connectivity index (χ3v) is 3.89. The minimum absolute atomic E-state index is 0.0166. The van der Waals surface area contributed by atoms with Crippen LogP contribution in [0.5, 0.6) is 5.75 Å². The summed E-state index contributed by atoms with van der Waals surface area (Å²) in [6, 6.07) is 14.3. The molecule has 1 heterocycles. The van der Waals surface area contributed by atoms with Crippen LogP contribution in [0.2, 0.25) is 10.0 Å². The summed E-state index contributed by atoms with van der Waals surface area (Å²) in [5.74, 6) is 0.441. The van der Waals surface area contributed by atoms with Gasteiger partial charge in [-0.05, 0) is 17.7 Å². The Balaban J connectivity index is 2.16. The van der Waals surface area contributed by atoms with Gasteiger partial charge in [0.15, 0.2) is 11.5 Å². The van der Waals surface area contributed by atoms with Gasteiger partial charge in [-0.1, -0.05) is 59.6 Å². The summed E-state index contributed by atoms with van der Waals surface area (Å²) >= 11 is 11.9. The molecule has 1 aromatic heterocycles. The standard InChI is InChI=1S/C16H11Cl2NO2/c17-11-7-6-10(8-12(11)18)13-14(20)15(21-16(13)19)9-4-2-1-3-5-9/h1-8,20H,19H2. The maximum absolute atomic E-state index is 10.4. The van der Waals surface area contributed by atoms with Crippen molar-refractivity contribution in [3.8, 4) is 28.2 Å². The molecule has 0 saturated heterocycles. The van der Waals surface area contributed by atoms with Crippen LogP contribution in [0.3, 0.4) is 0 Å². The maximum atomic E-state index is 10.4. The Kier molecular flexibility index (Phi) is 3.53. The van der Waals surface area contributed by atoms with Crippen LogP contribution >= 0.6 is 23.2 Å². The van der Waals surface area contributed by atoms with Crippen LogP contribution in [-0.2, 0) is 0 Å². The van der Waals surface area contributed by atoms with Gasteiger partial charge in [0, 0.05) is 5.56 Å². The Hall–Kier alpha value is -2.10. The summed E-state index contributed by atoms with van der Waals surface area (Å²) in [4.78, 5) is 0. The van der Waals surface area contributed by atoms with Gasteiger partial charge in [0.2, 0.25) is 5.88 Å². The molecule has 3 N–H and O–H groups in total. The SMILES string of the molecule is Nc1oc(-c2ccccc2)c(O)c1-c1ccc(Cl)c(Cl)c1. The Labute approximate surface area is 131 Å². The van der Waals surface area contributed by atoms with Gasteiger partial charge in [0.25, 0.3) is 0 Å². The second-order valence-electron chi connectivity index (χ2n) is 4.51. The zero-order valence-electron chi connectivity index (χ0n) is 10.8. The molecule has 0 atom stereocenters. The molecule has 0 bridgehead atoms. The molecule has 3 aromatic rings. The lowest BCUT2D eigenvalue weighted by Gasteiger charge is -2.02. The van der Waals surface area contributed by atoms with E-state index < -0.39 is 0 Å². The van der Waals surface area contributed by atoms with Crippen LogP contribution in [-0.4, -0.2) is 5.11 Å². The van der Waals surface area contributed by atoms with Crippen molar-refractivity contribution in [2.75, 3.05) is 5.73 Å². The fraction of sp³-hybridized carbons (Fsp3) is 0. The molecule has 0 aliphatic heterocycles. The molecule has 0 unspecified atom stereocenters. The topological polar surface area (TPSA) is 59.4 Å². The van der Waals surface area contributed by atoms with E-state index in [0.717, 1.165) is 5.56 Å². The first-order valence-corrected chi connectivity index (χ1v) is 6.95. The normalized spacial score (nSPS) is 10.8. The summed E-state index contributed by atoms with van der Waals surface area (Å²) < 4.78 is 5.51. The first-order valence-electron chi connectivity index (χ1n) is 6.20. The van der Waals surface area contributed by atoms with Crippen molar-refractivity contribution in [1.82, 2.24) is 0 Å². The van der Waals surface area contributed by atoms with Crippen molar-refractivity contribution >= 4 is 29.1 Å². The molecule has 0 saturated carbocycles. The molecule has 21 heavy (non-hydrogen) atoms. The van der Waals surface area contributed by atoms with Gasteiger partial charge in [-0.3, -0.25) is 0 Å². The first kappa shape index (κ1) is 13.9. The lowest BCUT2D eigenvalue weighted by atomic mass is 10.1. The summed E-state index contributed by atoms with van der Waals surface area (Å²) in [5.41, 5.74) is 7.69. The van der Waals surface area contributed by atoms with E-state index in [9.17, 15) is 5.11 Å². The van der Waals surface area contributed by atoms with Crippen LogP contribution in [0.15, 0.2) is 52.9 Å². The van der Waals surface area contributed by atoms with Crippen LogP contribution in [0, 0.1) is 0 Å². The monoisotopic (exact) mass is 319 g/mol. The number of hydrogen-bond donors (Lipinski definition) is 2. The highest BCUT2D eigenvalue weighted by atomic mass is 35.5. The summed E-state index contributed by atoms with van der Waals surface area (Å²) in [7, 11) is 0. The molecule has 0 spiro atoms. The van der Waals surface area contributed by atoms with Crippen molar-refractivity contribution in [2.24, 2.45) is 0 Å². The van der Waals surface area contributed by atoms with Gasteiger partial charge in [0.1, 0.15) is 0 Å². The Morgan fingerprint density at radius 1 is 0.905 bits per heavy atom. The molecule has 2 aromatic carbocycles. The molecule has 0 aliphatic rings. The predicted octanol–water partition coefficient (Wildman–Crippen LogP) is 5.21. The van der Waals surface area contributed by atoms with E-state index in [1.54, 1.807) is 18.2 Å². The molecule has 5 heteroatoms. The van der Waals surface area contributed by atoms with Crippen LogP contribution in [0.25, 0.3) is 22.5 Å². The van der Waals surface area contributed by atoms with Gasteiger partial charge >= 0.3 is 0 Å². The number of halogens is 2. The van der Waals surface area contributed by atoms with Crippen molar-refractivity contribution < 1.29 is 9.52 Å². The first-order chi connectivity index (χ1) is 10.1. The van der Waals surface area contributed by atoms with Crippen LogP contribution in [0.1, 0.15) is 0 Å². The summed E-state index contributed by atoms with van der Waals surface area (Å²) in [5, 5.41) is 11.2. The quantitative estimate of drug-likeness (QED) is 0.681. The Morgan fingerprint density at radius 2 is 1.62 bits per heavy atom. The van der Waals surface area contributed by atoms with Crippen molar-refractivity contribution in [1.29, 1.82) is 0 Å². The van der Waals surface area contributed by atoms with E-state index in [-0.39, 0.29) is 11.6 Å². The number of hydrogen-bond acceptors (Lipinski definition) is 3. The van der Waals surface area contributed by atoms with E-state index in [2.05, 4.69) is 0 Å². The van der Waals surface area contributed by atoms with Gasteiger partial charge in [-0.2, -0.15) is 0 Å². The lowest BCUT2D eigenvalue weighted by molar-refractivity contribution is 0.467. The van der Waals surface area contributed by atoms with E-state index in [4.69, 9.17) is 33.4 Å². The molecule has 3 rings (SSSR count). The predicted molar refractivity (Wildman–Crippen MR) is 85.7 cm³/mol. The molecule has 0 amide bonds. The third kappa shape index (κ3) is 2.46. The van der Waals surface area contributed by atoms with E-state index in [0.29, 0.717) is 26.9 Å². The smallest absolute Gasteiger partial charge is 0.202 e. The minimum atomic E-state index is -0.0166. The largest absolute Gasteiger partial charge is 0.504 e. The fourth-order valence-electron chi connectivity index (χ4n) is 2.16. The van der Waals surface area contributed by atoms with Crippen molar-refractivity contribution in [2.45, 2.75) is 0 Å². The number of benzene rings is 2. The number of nitrogen functional groups attached to an aromatic ring is 1. The average molecular weight is 320 g/mol. The molecule has 0 aliphatic carbocycles. The lowest BCUT2D eigenvalue weighted by Crippen LogP contribution is -1.85. The second kappa shape index (κ2) is 5.35. The summed E-state index contributed by atoms with van der Waals surface area (Å²) in [6.07, 6.45) is 0. The molecular weight excluding hydrogens is 309 g/mol. The molecular formula is C16H11Cl2NO2. The minimum Gasteiger partial charge on any atom is -0.504 e. The molecule has 0 radical (unpaired) electrons. The Morgan fingerprint density at radius 3 is 2.29 bits per heavy atom. The highest BCUT2D eigenvalue weighted by Gasteiger charge is 2.21. The number of furan rings is 1. The van der Waals surface area contributed by atoms with Crippen molar-refractivity contribution in [3.05, 3.63) is 58.6 Å². The molecule has 106 valence electrons. The van der Waals surface area contributed by atoms with Crippen LogP contribution in [0.4, 0.5) is 5.88 Å². The van der Waals surface area contributed by atoms with E-state index in [1.165, 1.54) is 0 Å². The van der Waals surface area contributed by atoms with Gasteiger partial charge in [-0.15, -0.1) is 0 Å². The van der Waals surface area contributed by atoms with Gasteiger partial charge in [0.05, 0.1) is 15.6 Å². The molecule has 3 nitrogen and oxygen atoms in total. The van der Waals surface area contributed by atoms with E-state index in [1.807, 2.05) is 30.3 Å². The van der Waals surface area contributed by atoms with E-state index >= 15 is 0 Å². The number of anilines is 1. The number of nitrogens with two attached hydrogens (primary N) is 1. The number of aromatic hydroxyl groups is 1. The third-order valence-electron chi connectivity index (χ3n) is 3.15. The Bertz CT molecular complexity index is 798. The summed E-state index contributed by atoms with van der Waals surface area (Å²) in [6.45, 7) is 0. The van der Waals surface area contributed by atoms with Gasteiger partial charge < -0.3 is 15.3 Å². The number of rotatable bonds is 2. The fourth-order valence-corrected chi connectivity index (χ4v) is 2.45. The van der Waals surface area contributed by atoms with Crippen LogP contribution < -0.4 is 5.73 Å². The van der Waals surface area contributed by atoms with Crippen molar-refractivity contribution in [3.63, 3.8) is 0 Å². The molecule has 0 fully saturated rings. The van der Waals surface area contributed by atoms with Gasteiger partial charge in [-0.25, -0.2) is 0 Å². The zero-order chi connectivity index (χ0) is 15.0. The highest BCUT2D eigenvalue weighted by Crippen LogP contribution is 2.45. The average Bonchev–Trinajstić information content (AvgIpc) is 2.78.